The number of anilines is 1. The summed E-state index contributed by atoms with van der Waals surface area (Å²) in [5, 5.41) is 11.4. The van der Waals surface area contributed by atoms with E-state index in [2.05, 4.69) is 5.32 Å². The summed E-state index contributed by atoms with van der Waals surface area (Å²) in [5.74, 6) is -0.250. The second kappa shape index (κ2) is 4.53. The molecule has 1 saturated heterocycles. The SMILES string of the molecule is N#Cc1ccc(NC(=O)C2(N)CCOC2)cc1. The number of ether oxygens (including phenoxy) is 1. The molecule has 88 valence electrons. The van der Waals surface area contributed by atoms with E-state index in [1.165, 1.54) is 0 Å². The minimum Gasteiger partial charge on any atom is -0.379 e. The van der Waals surface area contributed by atoms with E-state index in [4.69, 9.17) is 15.7 Å². The maximum Gasteiger partial charge on any atom is 0.246 e. The molecule has 2 rings (SSSR count). The highest BCUT2D eigenvalue weighted by Gasteiger charge is 2.38. The summed E-state index contributed by atoms with van der Waals surface area (Å²) in [6.45, 7) is 0.756. The van der Waals surface area contributed by atoms with E-state index in [1.807, 2.05) is 6.07 Å². The Hall–Kier alpha value is -1.90. The van der Waals surface area contributed by atoms with Crippen LogP contribution in [0.25, 0.3) is 0 Å². The molecule has 17 heavy (non-hydrogen) atoms. The fraction of sp³-hybridized carbons (Fsp3) is 0.333. The first-order valence-corrected chi connectivity index (χ1v) is 5.32. The van der Waals surface area contributed by atoms with Crippen LogP contribution in [0.3, 0.4) is 0 Å². The summed E-state index contributed by atoms with van der Waals surface area (Å²) >= 11 is 0. The molecule has 1 aromatic carbocycles. The third-order valence-electron chi connectivity index (χ3n) is 2.78. The van der Waals surface area contributed by atoms with Gasteiger partial charge in [0.1, 0.15) is 5.54 Å². The minimum atomic E-state index is -0.937. The molecule has 3 N–H and O–H groups in total. The number of rotatable bonds is 2. The van der Waals surface area contributed by atoms with Crippen LogP contribution in [0.5, 0.6) is 0 Å². The van der Waals surface area contributed by atoms with Gasteiger partial charge in [-0.25, -0.2) is 0 Å². The third-order valence-corrected chi connectivity index (χ3v) is 2.78. The van der Waals surface area contributed by atoms with Gasteiger partial charge in [-0.3, -0.25) is 4.79 Å². The zero-order valence-electron chi connectivity index (χ0n) is 9.27. The molecule has 1 heterocycles. The molecule has 0 aliphatic carbocycles. The molecule has 5 nitrogen and oxygen atoms in total. The minimum absolute atomic E-state index is 0.245. The van der Waals surface area contributed by atoms with Gasteiger partial charge in [-0.05, 0) is 30.7 Å². The smallest absolute Gasteiger partial charge is 0.246 e. The van der Waals surface area contributed by atoms with Crippen molar-refractivity contribution < 1.29 is 9.53 Å². The molecule has 0 bridgehead atoms. The van der Waals surface area contributed by atoms with Crippen molar-refractivity contribution in [2.45, 2.75) is 12.0 Å². The van der Waals surface area contributed by atoms with Crippen LogP contribution in [0, 0.1) is 11.3 Å². The summed E-state index contributed by atoms with van der Waals surface area (Å²) in [4.78, 5) is 11.9. The van der Waals surface area contributed by atoms with Gasteiger partial charge in [0.15, 0.2) is 0 Å². The van der Waals surface area contributed by atoms with Crippen molar-refractivity contribution in [3.05, 3.63) is 29.8 Å². The molecule has 1 aliphatic heterocycles. The second-order valence-electron chi connectivity index (χ2n) is 4.10. The summed E-state index contributed by atoms with van der Waals surface area (Å²) in [6.07, 6.45) is 0.523. The molecule has 1 unspecified atom stereocenters. The highest BCUT2D eigenvalue weighted by atomic mass is 16.5. The van der Waals surface area contributed by atoms with Crippen LogP contribution in [0.4, 0.5) is 5.69 Å². The van der Waals surface area contributed by atoms with Crippen LogP contribution in [-0.2, 0) is 9.53 Å². The number of carbonyl (C=O) groups excluding carboxylic acids is 1. The third kappa shape index (κ3) is 2.44. The molecule has 1 fully saturated rings. The Morgan fingerprint density at radius 3 is 2.71 bits per heavy atom. The molecular formula is C12H13N3O2. The molecule has 5 heteroatoms. The average molecular weight is 231 g/mol. The van der Waals surface area contributed by atoms with Gasteiger partial charge in [0.05, 0.1) is 18.2 Å². The molecular weight excluding hydrogens is 218 g/mol. The summed E-state index contributed by atoms with van der Waals surface area (Å²) in [5.41, 5.74) is 6.16. The van der Waals surface area contributed by atoms with Gasteiger partial charge in [0.2, 0.25) is 5.91 Å². The normalized spacial score (nSPS) is 23.1. The monoisotopic (exact) mass is 231 g/mol. The van der Waals surface area contributed by atoms with Gasteiger partial charge in [0, 0.05) is 12.3 Å². The van der Waals surface area contributed by atoms with Gasteiger partial charge in [0.25, 0.3) is 0 Å². The topological polar surface area (TPSA) is 88.1 Å². The second-order valence-corrected chi connectivity index (χ2v) is 4.10. The Labute approximate surface area is 99.2 Å². The van der Waals surface area contributed by atoms with Gasteiger partial charge < -0.3 is 15.8 Å². The highest BCUT2D eigenvalue weighted by Crippen LogP contribution is 2.18. The Balaban J connectivity index is 2.05. The van der Waals surface area contributed by atoms with E-state index in [9.17, 15) is 4.79 Å². The van der Waals surface area contributed by atoms with Crippen molar-refractivity contribution in [2.75, 3.05) is 18.5 Å². The molecule has 0 aromatic heterocycles. The Bertz CT molecular complexity index is 456. The standard InChI is InChI=1S/C12H13N3O2/c13-7-9-1-3-10(4-2-9)15-11(16)12(14)5-6-17-8-12/h1-4H,5-6,8,14H2,(H,15,16). The number of nitrogens with zero attached hydrogens (tertiary/aromatic N) is 1. The van der Waals surface area contributed by atoms with E-state index in [-0.39, 0.29) is 12.5 Å². The lowest BCUT2D eigenvalue weighted by atomic mass is 9.99. The molecule has 1 aromatic rings. The van der Waals surface area contributed by atoms with Crippen LogP contribution < -0.4 is 11.1 Å². The highest BCUT2D eigenvalue weighted by molar-refractivity contribution is 5.98. The van der Waals surface area contributed by atoms with Crippen molar-refractivity contribution in [1.82, 2.24) is 0 Å². The largest absolute Gasteiger partial charge is 0.379 e. The van der Waals surface area contributed by atoms with Crippen LogP contribution in [0.15, 0.2) is 24.3 Å². The van der Waals surface area contributed by atoms with Crippen molar-refractivity contribution in [1.29, 1.82) is 5.26 Å². The van der Waals surface area contributed by atoms with Crippen LogP contribution in [-0.4, -0.2) is 24.7 Å². The Morgan fingerprint density at radius 2 is 2.18 bits per heavy atom. The van der Waals surface area contributed by atoms with E-state index >= 15 is 0 Å². The van der Waals surface area contributed by atoms with Crippen molar-refractivity contribution in [3.8, 4) is 6.07 Å². The molecule has 0 spiro atoms. The first-order chi connectivity index (χ1) is 8.14. The number of benzene rings is 1. The van der Waals surface area contributed by atoms with Crippen LogP contribution >= 0.6 is 0 Å². The summed E-state index contributed by atoms with van der Waals surface area (Å²) in [6, 6.07) is 8.65. The lowest BCUT2D eigenvalue weighted by molar-refractivity contribution is -0.121. The van der Waals surface area contributed by atoms with Crippen LogP contribution in [0.2, 0.25) is 0 Å². The number of nitriles is 1. The van der Waals surface area contributed by atoms with Gasteiger partial charge >= 0.3 is 0 Å². The Kier molecular flexibility index (Phi) is 3.09. The Morgan fingerprint density at radius 1 is 1.47 bits per heavy atom. The first-order valence-electron chi connectivity index (χ1n) is 5.32. The molecule has 0 radical (unpaired) electrons. The van der Waals surface area contributed by atoms with Gasteiger partial charge in [-0.15, -0.1) is 0 Å². The van der Waals surface area contributed by atoms with E-state index in [0.717, 1.165) is 0 Å². The van der Waals surface area contributed by atoms with E-state index < -0.39 is 5.54 Å². The number of carbonyl (C=O) groups is 1. The average Bonchev–Trinajstić information content (AvgIpc) is 2.78. The summed E-state index contributed by atoms with van der Waals surface area (Å²) in [7, 11) is 0. The van der Waals surface area contributed by atoms with Gasteiger partial charge in [-0.1, -0.05) is 0 Å². The first kappa shape index (κ1) is 11.6. The predicted molar refractivity (Wildman–Crippen MR) is 62.1 cm³/mol. The molecule has 1 aliphatic rings. The number of nitrogens with one attached hydrogen (secondary N) is 1. The number of amides is 1. The lowest BCUT2D eigenvalue weighted by Gasteiger charge is -2.20. The fourth-order valence-electron chi connectivity index (χ4n) is 1.64. The molecule has 0 saturated carbocycles. The predicted octanol–water partition coefficient (Wildman–Crippen LogP) is 0.615. The molecule has 1 atom stereocenters. The zero-order valence-corrected chi connectivity index (χ0v) is 9.27. The van der Waals surface area contributed by atoms with Crippen molar-refractivity contribution >= 4 is 11.6 Å². The number of hydrogen-bond acceptors (Lipinski definition) is 4. The van der Waals surface area contributed by atoms with Crippen molar-refractivity contribution in [3.63, 3.8) is 0 Å². The van der Waals surface area contributed by atoms with E-state index in [0.29, 0.717) is 24.3 Å². The molecule has 1 amide bonds. The van der Waals surface area contributed by atoms with Gasteiger partial charge in [-0.2, -0.15) is 5.26 Å². The lowest BCUT2D eigenvalue weighted by Crippen LogP contribution is -2.51. The quantitative estimate of drug-likeness (QED) is 0.780. The maximum atomic E-state index is 11.9. The van der Waals surface area contributed by atoms with Crippen LogP contribution in [0.1, 0.15) is 12.0 Å². The number of hydrogen-bond donors (Lipinski definition) is 2. The summed E-state index contributed by atoms with van der Waals surface area (Å²) < 4.78 is 5.13. The fourth-order valence-corrected chi connectivity index (χ4v) is 1.64. The number of nitrogens with two attached hydrogens (primary N) is 1. The van der Waals surface area contributed by atoms with Crippen molar-refractivity contribution in [2.24, 2.45) is 5.73 Å². The maximum absolute atomic E-state index is 11.9. The van der Waals surface area contributed by atoms with E-state index in [1.54, 1.807) is 24.3 Å². The zero-order chi connectivity index (χ0) is 12.3.